The molecule has 1 atom stereocenters. The number of fused-ring (bicyclic) bond motifs is 1. The predicted molar refractivity (Wildman–Crippen MR) is 108 cm³/mol. The lowest BCUT2D eigenvalue weighted by Gasteiger charge is -2.17. The van der Waals surface area contributed by atoms with E-state index in [9.17, 15) is 9.59 Å². The molecule has 0 fully saturated rings. The monoisotopic (exact) mass is 387 g/mol. The summed E-state index contributed by atoms with van der Waals surface area (Å²) < 4.78 is 2.39. The van der Waals surface area contributed by atoms with Gasteiger partial charge in [-0.15, -0.1) is 11.3 Å². The first kappa shape index (κ1) is 18.7. The standard InChI is InChI=1S/C19H21N3O2S2/c1-3-13(2)22-18(24)17-15(9-10-25-17)21-19(22)26-12-16(23)20-11-14-7-5-4-6-8-14/h4-10,13H,3,11-12H2,1-2H3,(H,20,23)/t13-/m1/s1. The summed E-state index contributed by atoms with van der Waals surface area (Å²) in [6, 6.07) is 11.7. The number of hydrogen-bond acceptors (Lipinski definition) is 5. The molecular weight excluding hydrogens is 366 g/mol. The van der Waals surface area contributed by atoms with Crippen LogP contribution in [0.3, 0.4) is 0 Å². The lowest BCUT2D eigenvalue weighted by Crippen LogP contribution is -2.27. The number of thiophene rings is 1. The number of amides is 1. The van der Waals surface area contributed by atoms with E-state index in [0.29, 0.717) is 21.9 Å². The summed E-state index contributed by atoms with van der Waals surface area (Å²) in [5.41, 5.74) is 1.73. The van der Waals surface area contributed by atoms with Crippen LogP contribution < -0.4 is 10.9 Å². The van der Waals surface area contributed by atoms with E-state index in [-0.39, 0.29) is 23.3 Å². The Bertz CT molecular complexity index is 950. The SMILES string of the molecule is CC[C@@H](C)n1c(SCC(=O)NCc2ccccc2)nc2ccsc2c1=O. The summed E-state index contributed by atoms with van der Waals surface area (Å²) in [7, 11) is 0. The molecule has 1 amide bonds. The van der Waals surface area contributed by atoms with Gasteiger partial charge in [0.1, 0.15) is 4.70 Å². The van der Waals surface area contributed by atoms with Gasteiger partial charge in [0.05, 0.1) is 11.3 Å². The molecule has 0 bridgehead atoms. The smallest absolute Gasteiger partial charge is 0.272 e. The van der Waals surface area contributed by atoms with Crippen molar-refractivity contribution in [3.63, 3.8) is 0 Å². The second kappa shape index (κ2) is 8.51. The third-order valence-corrected chi connectivity index (χ3v) is 6.02. The second-order valence-electron chi connectivity index (χ2n) is 6.01. The Morgan fingerprint density at radius 3 is 2.81 bits per heavy atom. The summed E-state index contributed by atoms with van der Waals surface area (Å²) in [5, 5.41) is 5.38. The molecule has 0 spiro atoms. The minimum Gasteiger partial charge on any atom is -0.351 e. The van der Waals surface area contributed by atoms with Crippen molar-refractivity contribution in [3.05, 3.63) is 57.7 Å². The van der Waals surface area contributed by atoms with E-state index in [0.717, 1.165) is 12.0 Å². The summed E-state index contributed by atoms with van der Waals surface area (Å²) in [5.74, 6) is 0.153. The van der Waals surface area contributed by atoms with Gasteiger partial charge in [-0.3, -0.25) is 14.2 Å². The molecule has 7 heteroatoms. The summed E-state index contributed by atoms with van der Waals surface area (Å²) in [4.78, 5) is 29.6. The van der Waals surface area contributed by atoms with Gasteiger partial charge in [-0.1, -0.05) is 49.0 Å². The largest absolute Gasteiger partial charge is 0.351 e. The van der Waals surface area contributed by atoms with Crippen molar-refractivity contribution in [1.29, 1.82) is 0 Å². The normalized spacial score (nSPS) is 12.2. The van der Waals surface area contributed by atoms with Crippen LogP contribution in [0.2, 0.25) is 0 Å². The first-order valence-electron chi connectivity index (χ1n) is 8.53. The highest BCUT2D eigenvalue weighted by atomic mass is 32.2. The van der Waals surface area contributed by atoms with Gasteiger partial charge < -0.3 is 5.32 Å². The molecule has 2 aromatic heterocycles. The van der Waals surface area contributed by atoms with E-state index in [1.807, 2.05) is 55.6 Å². The van der Waals surface area contributed by atoms with Crippen LogP contribution >= 0.6 is 23.1 Å². The van der Waals surface area contributed by atoms with E-state index < -0.39 is 0 Å². The molecule has 3 aromatic rings. The molecule has 0 aliphatic rings. The zero-order valence-electron chi connectivity index (χ0n) is 14.8. The third-order valence-electron chi connectivity index (χ3n) is 4.18. The average Bonchev–Trinajstić information content (AvgIpc) is 3.14. The molecule has 3 rings (SSSR count). The van der Waals surface area contributed by atoms with Gasteiger partial charge >= 0.3 is 0 Å². The zero-order chi connectivity index (χ0) is 18.5. The van der Waals surface area contributed by atoms with Crippen molar-refractivity contribution in [2.45, 2.75) is 38.0 Å². The maximum atomic E-state index is 12.8. The van der Waals surface area contributed by atoms with Crippen molar-refractivity contribution in [3.8, 4) is 0 Å². The quantitative estimate of drug-likeness (QED) is 0.494. The molecule has 0 unspecified atom stereocenters. The first-order chi connectivity index (χ1) is 12.6. The van der Waals surface area contributed by atoms with E-state index in [2.05, 4.69) is 10.3 Å². The van der Waals surface area contributed by atoms with Gasteiger partial charge in [0.25, 0.3) is 5.56 Å². The van der Waals surface area contributed by atoms with E-state index >= 15 is 0 Å². The number of carbonyl (C=O) groups excluding carboxylic acids is 1. The number of rotatable bonds is 7. The number of hydrogen-bond donors (Lipinski definition) is 1. The zero-order valence-corrected chi connectivity index (χ0v) is 16.4. The predicted octanol–water partition coefficient (Wildman–Crippen LogP) is 3.84. The molecular formula is C19H21N3O2S2. The maximum absolute atomic E-state index is 12.8. The molecule has 0 radical (unpaired) electrons. The molecule has 0 aliphatic carbocycles. The fourth-order valence-corrected chi connectivity index (χ4v) is 4.25. The van der Waals surface area contributed by atoms with Crippen molar-refractivity contribution in [2.24, 2.45) is 0 Å². The molecule has 0 aliphatic heterocycles. The minimum atomic E-state index is -0.0748. The summed E-state index contributed by atoms with van der Waals surface area (Å²) >= 11 is 2.72. The van der Waals surface area contributed by atoms with Crippen LogP contribution in [0.25, 0.3) is 10.2 Å². The van der Waals surface area contributed by atoms with Crippen LogP contribution in [-0.2, 0) is 11.3 Å². The van der Waals surface area contributed by atoms with Crippen molar-refractivity contribution in [1.82, 2.24) is 14.9 Å². The highest BCUT2D eigenvalue weighted by Gasteiger charge is 2.17. The Morgan fingerprint density at radius 1 is 1.31 bits per heavy atom. The molecule has 0 saturated carbocycles. The lowest BCUT2D eigenvalue weighted by molar-refractivity contribution is -0.118. The van der Waals surface area contributed by atoms with Gasteiger partial charge in [-0.05, 0) is 30.4 Å². The molecule has 26 heavy (non-hydrogen) atoms. The average molecular weight is 388 g/mol. The maximum Gasteiger partial charge on any atom is 0.272 e. The van der Waals surface area contributed by atoms with Gasteiger partial charge in [0, 0.05) is 12.6 Å². The number of aromatic nitrogens is 2. The number of nitrogens with one attached hydrogen (secondary N) is 1. The number of carbonyl (C=O) groups is 1. The summed E-state index contributed by atoms with van der Waals surface area (Å²) in [6.45, 7) is 4.54. The van der Waals surface area contributed by atoms with Crippen LogP contribution in [0.5, 0.6) is 0 Å². The fraction of sp³-hybridized carbons (Fsp3) is 0.316. The topological polar surface area (TPSA) is 64.0 Å². The molecule has 1 N–H and O–H groups in total. The molecule has 1 aromatic carbocycles. The summed E-state index contributed by atoms with van der Waals surface area (Å²) in [6.07, 6.45) is 0.826. The number of thioether (sulfide) groups is 1. The van der Waals surface area contributed by atoms with Crippen LogP contribution in [0.15, 0.2) is 51.7 Å². The molecule has 5 nitrogen and oxygen atoms in total. The highest BCUT2D eigenvalue weighted by molar-refractivity contribution is 7.99. The van der Waals surface area contributed by atoms with E-state index in [4.69, 9.17) is 0 Å². The third kappa shape index (κ3) is 4.16. The molecule has 0 saturated heterocycles. The van der Waals surface area contributed by atoms with Crippen molar-refractivity contribution < 1.29 is 4.79 Å². The Kier molecular flexibility index (Phi) is 6.11. The minimum absolute atomic E-state index is 0.0217. The van der Waals surface area contributed by atoms with Crippen molar-refractivity contribution >= 4 is 39.2 Å². The Labute approximate surface area is 160 Å². The van der Waals surface area contributed by atoms with E-state index in [1.54, 1.807) is 4.57 Å². The second-order valence-corrected chi connectivity index (χ2v) is 7.87. The molecule has 2 heterocycles. The first-order valence-corrected chi connectivity index (χ1v) is 10.4. The Balaban J connectivity index is 1.73. The highest BCUT2D eigenvalue weighted by Crippen LogP contribution is 2.24. The van der Waals surface area contributed by atoms with Gasteiger partial charge in [0.2, 0.25) is 5.91 Å². The van der Waals surface area contributed by atoms with Crippen LogP contribution in [0.4, 0.5) is 0 Å². The lowest BCUT2D eigenvalue weighted by atomic mass is 10.2. The number of benzene rings is 1. The van der Waals surface area contributed by atoms with Gasteiger partial charge in [0.15, 0.2) is 5.16 Å². The van der Waals surface area contributed by atoms with Crippen molar-refractivity contribution in [2.75, 3.05) is 5.75 Å². The van der Waals surface area contributed by atoms with Crippen LogP contribution in [0.1, 0.15) is 31.9 Å². The Morgan fingerprint density at radius 2 is 2.08 bits per heavy atom. The fourth-order valence-electron chi connectivity index (χ4n) is 2.55. The molecule has 136 valence electrons. The van der Waals surface area contributed by atoms with Crippen LogP contribution in [0, 0.1) is 0 Å². The van der Waals surface area contributed by atoms with Gasteiger partial charge in [-0.25, -0.2) is 4.98 Å². The van der Waals surface area contributed by atoms with E-state index in [1.165, 1.54) is 23.1 Å². The number of nitrogens with zero attached hydrogens (tertiary/aromatic N) is 2. The van der Waals surface area contributed by atoms with Gasteiger partial charge in [-0.2, -0.15) is 0 Å². The van der Waals surface area contributed by atoms with Crippen LogP contribution in [-0.4, -0.2) is 21.2 Å². The Hall–Kier alpha value is -2.12.